The number of nitrogens with two attached hydrogens (primary N) is 2. The molecule has 1 unspecified atom stereocenters. The van der Waals surface area contributed by atoms with Crippen LogP contribution in [0, 0.1) is 6.92 Å². The normalized spacial score (nSPS) is 20.9. The number of H-pyrrole nitrogens is 1. The molecule has 1 fully saturated rings. The van der Waals surface area contributed by atoms with Crippen molar-refractivity contribution < 1.29 is 23.1 Å². The van der Waals surface area contributed by atoms with Crippen molar-refractivity contribution in [1.29, 1.82) is 0 Å². The highest BCUT2D eigenvalue weighted by Crippen LogP contribution is 2.34. The van der Waals surface area contributed by atoms with Crippen molar-refractivity contribution in [2.75, 3.05) is 6.61 Å². The predicted octanol–water partition coefficient (Wildman–Crippen LogP) is 0.920. The second kappa shape index (κ2) is 11.1. The van der Waals surface area contributed by atoms with Crippen LogP contribution < -0.4 is 27.2 Å². The number of primary amides is 1. The molecular formula is C19H23N7O7P+. The number of amides is 1. The summed E-state index contributed by atoms with van der Waals surface area (Å²) >= 11 is 0. The molecular weight excluding hydrogens is 469 g/mol. The molecule has 2 heterocycles. The van der Waals surface area contributed by atoms with Crippen LogP contribution in [-0.4, -0.2) is 40.3 Å². The summed E-state index contributed by atoms with van der Waals surface area (Å²) in [4.78, 5) is 39.8. The number of hydrogen-bond donors (Lipinski definition) is 3. The summed E-state index contributed by atoms with van der Waals surface area (Å²) in [5.74, 6) is -0.364. The second-order valence-corrected chi connectivity index (χ2v) is 8.47. The highest BCUT2D eigenvalue weighted by atomic mass is 31.1. The van der Waals surface area contributed by atoms with Gasteiger partial charge in [0, 0.05) is 27.7 Å². The molecule has 3 rings (SSSR count). The van der Waals surface area contributed by atoms with Crippen LogP contribution in [0.5, 0.6) is 5.75 Å². The SMILES string of the molecule is Cc1cn([C@H]2C[C@H](N=[N+]=[N-])[C@@H](CO[P+](=O)Oc3ccc(C[C@H](N)C(N)=O)cc3)O2)c(=O)[nH]c1=O. The Morgan fingerprint density at radius 1 is 1.41 bits per heavy atom. The molecule has 180 valence electrons. The molecule has 34 heavy (non-hydrogen) atoms. The molecule has 5 atom stereocenters. The number of benzene rings is 1. The third kappa shape index (κ3) is 6.28. The number of nitrogens with zero attached hydrogens (tertiary/aromatic N) is 4. The number of rotatable bonds is 10. The summed E-state index contributed by atoms with van der Waals surface area (Å²) in [6.07, 6.45) is 0.129. The fraction of sp³-hybridized carbons (Fsp3) is 0.421. The fourth-order valence-corrected chi connectivity index (χ4v) is 3.93. The van der Waals surface area contributed by atoms with Gasteiger partial charge in [-0.1, -0.05) is 17.2 Å². The maximum Gasteiger partial charge on any atom is 0.750 e. The van der Waals surface area contributed by atoms with E-state index in [1.807, 2.05) is 0 Å². The van der Waals surface area contributed by atoms with Crippen molar-refractivity contribution in [2.24, 2.45) is 16.6 Å². The molecule has 1 aromatic carbocycles. The largest absolute Gasteiger partial charge is 0.750 e. The van der Waals surface area contributed by atoms with Gasteiger partial charge >= 0.3 is 13.9 Å². The van der Waals surface area contributed by atoms with Gasteiger partial charge in [0.2, 0.25) is 5.91 Å². The standard InChI is InChI=1S/C19H22N7O7P/c1-10-8-26(19(29)23-18(10)28)16-7-14(24-25-22)15(32-16)9-31-34(30)33-12-4-2-11(3-5-12)6-13(20)17(21)27/h2-5,8,13-16H,6-7,9,20H2,1H3,(H2-,21,23,27,28,29)/p+1/t13-,14-,15+,16+/m0/s1. The Labute approximate surface area is 193 Å². The highest BCUT2D eigenvalue weighted by molar-refractivity contribution is 7.33. The van der Waals surface area contributed by atoms with E-state index in [1.165, 1.54) is 29.8 Å². The highest BCUT2D eigenvalue weighted by Gasteiger charge is 2.39. The third-order valence-corrected chi connectivity index (χ3v) is 5.85. The number of aromatic amines is 1. The van der Waals surface area contributed by atoms with Crippen molar-refractivity contribution in [1.82, 2.24) is 9.55 Å². The number of ether oxygens (including phenoxy) is 1. The Balaban J connectivity index is 1.59. The Hall–Kier alpha value is -3.54. The van der Waals surface area contributed by atoms with Crippen LogP contribution in [0.2, 0.25) is 0 Å². The Morgan fingerprint density at radius 2 is 2.12 bits per heavy atom. The lowest BCUT2D eigenvalue weighted by Gasteiger charge is -2.14. The lowest BCUT2D eigenvalue weighted by atomic mass is 10.1. The van der Waals surface area contributed by atoms with Gasteiger partial charge < -0.3 is 16.2 Å². The number of azide groups is 1. The number of aryl methyl sites for hydroxylation is 1. The van der Waals surface area contributed by atoms with E-state index >= 15 is 0 Å². The molecule has 15 heteroatoms. The Bertz CT molecular complexity index is 1220. The fourth-order valence-electron chi connectivity index (χ4n) is 3.31. The van der Waals surface area contributed by atoms with Crippen molar-refractivity contribution in [3.05, 3.63) is 72.9 Å². The van der Waals surface area contributed by atoms with E-state index in [0.717, 1.165) is 5.56 Å². The number of carbonyl (C=O) groups is 1. The van der Waals surface area contributed by atoms with Crippen LogP contribution in [0.4, 0.5) is 0 Å². The summed E-state index contributed by atoms with van der Waals surface area (Å²) < 4.78 is 29.7. The smallest absolute Gasteiger partial charge is 0.368 e. The molecule has 5 N–H and O–H groups in total. The topological polar surface area (TPSA) is 217 Å². The van der Waals surface area contributed by atoms with Crippen LogP contribution in [0.15, 0.2) is 45.2 Å². The maximum atomic E-state index is 12.2. The first kappa shape index (κ1) is 25.1. The van der Waals surface area contributed by atoms with Gasteiger partial charge in [0.1, 0.15) is 12.8 Å². The molecule has 1 aromatic heterocycles. The Kier molecular flexibility index (Phi) is 8.16. The minimum atomic E-state index is -2.60. The molecule has 1 amide bonds. The van der Waals surface area contributed by atoms with Crippen molar-refractivity contribution in [2.45, 2.75) is 44.2 Å². The van der Waals surface area contributed by atoms with Crippen LogP contribution in [0.3, 0.4) is 0 Å². The molecule has 1 aliphatic rings. The van der Waals surface area contributed by atoms with Gasteiger partial charge in [-0.05, 0) is 36.6 Å². The minimum absolute atomic E-state index is 0.149. The van der Waals surface area contributed by atoms with E-state index in [9.17, 15) is 18.9 Å². The van der Waals surface area contributed by atoms with E-state index in [2.05, 4.69) is 15.0 Å². The average molecular weight is 492 g/mol. The second-order valence-electron chi connectivity index (χ2n) is 7.58. The maximum absolute atomic E-state index is 12.2. The monoisotopic (exact) mass is 492 g/mol. The number of aromatic nitrogens is 2. The van der Waals surface area contributed by atoms with Crippen LogP contribution >= 0.6 is 8.25 Å². The van der Waals surface area contributed by atoms with Crippen molar-refractivity contribution in [3.8, 4) is 5.75 Å². The lowest BCUT2D eigenvalue weighted by molar-refractivity contribution is -0.119. The molecule has 2 aromatic rings. The average Bonchev–Trinajstić information content (AvgIpc) is 3.18. The predicted molar refractivity (Wildman–Crippen MR) is 119 cm³/mol. The summed E-state index contributed by atoms with van der Waals surface area (Å²) in [5, 5.41) is 3.67. The first-order valence-electron chi connectivity index (χ1n) is 10.1. The van der Waals surface area contributed by atoms with E-state index in [0.29, 0.717) is 5.56 Å². The Morgan fingerprint density at radius 3 is 2.76 bits per heavy atom. The zero-order valence-corrected chi connectivity index (χ0v) is 19.0. The molecule has 0 radical (unpaired) electrons. The van der Waals surface area contributed by atoms with Crippen LogP contribution in [0.25, 0.3) is 10.4 Å². The minimum Gasteiger partial charge on any atom is -0.368 e. The lowest BCUT2D eigenvalue weighted by Crippen LogP contribution is -2.38. The summed E-state index contributed by atoms with van der Waals surface area (Å²) in [6.45, 7) is 1.30. The molecule has 14 nitrogen and oxygen atoms in total. The van der Waals surface area contributed by atoms with Crippen LogP contribution in [-0.2, 0) is 25.0 Å². The zero-order chi connectivity index (χ0) is 24.8. The number of carbonyl (C=O) groups excluding carboxylic acids is 1. The van der Waals surface area contributed by atoms with E-state index in [-0.39, 0.29) is 25.2 Å². The van der Waals surface area contributed by atoms with Crippen molar-refractivity contribution >= 4 is 14.2 Å². The summed E-state index contributed by atoms with van der Waals surface area (Å²) in [7, 11) is -2.60. The van der Waals surface area contributed by atoms with Gasteiger partial charge in [-0.3, -0.25) is 19.1 Å². The van der Waals surface area contributed by atoms with E-state index < -0.39 is 49.8 Å². The zero-order valence-electron chi connectivity index (χ0n) is 18.1. The van der Waals surface area contributed by atoms with Gasteiger partial charge in [-0.25, -0.2) is 9.32 Å². The van der Waals surface area contributed by atoms with E-state index in [4.69, 9.17) is 30.8 Å². The van der Waals surface area contributed by atoms with Crippen LogP contribution in [0.1, 0.15) is 23.8 Å². The summed E-state index contributed by atoms with van der Waals surface area (Å²) in [6, 6.07) is 4.85. The van der Waals surface area contributed by atoms with Crippen molar-refractivity contribution in [3.63, 3.8) is 0 Å². The molecule has 0 saturated carbocycles. The molecule has 0 spiro atoms. The van der Waals surface area contributed by atoms with Gasteiger partial charge in [0.05, 0.1) is 18.2 Å². The molecule has 1 aliphatic heterocycles. The van der Waals surface area contributed by atoms with Gasteiger partial charge in [0.25, 0.3) is 5.56 Å². The van der Waals surface area contributed by atoms with Gasteiger partial charge in [-0.2, -0.15) is 0 Å². The quantitative estimate of drug-likeness (QED) is 0.187. The number of hydrogen-bond acceptors (Lipinski definition) is 9. The number of nitrogens with one attached hydrogen (secondary N) is 1. The molecule has 0 aliphatic carbocycles. The first-order valence-corrected chi connectivity index (χ1v) is 11.2. The third-order valence-electron chi connectivity index (χ3n) is 5.13. The van der Waals surface area contributed by atoms with Gasteiger partial charge in [-0.15, -0.1) is 4.52 Å². The van der Waals surface area contributed by atoms with E-state index in [1.54, 1.807) is 12.1 Å². The van der Waals surface area contributed by atoms with Gasteiger partial charge in [0.15, 0.2) is 5.75 Å². The molecule has 1 saturated heterocycles. The summed E-state index contributed by atoms with van der Waals surface area (Å²) in [5.41, 5.74) is 19.5. The first-order chi connectivity index (χ1) is 16.2. The molecule has 0 bridgehead atoms.